The lowest BCUT2D eigenvalue weighted by Gasteiger charge is -2.07. The van der Waals surface area contributed by atoms with Crippen LogP contribution < -0.4 is 0 Å². The summed E-state index contributed by atoms with van der Waals surface area (Å²) in [5.74, 6) is -4.38. The first-order valence-corrected chi connectivity index (χ1v) is 5.61. The van der Waals surface area contributed by atoms with Crippen molar-refractivity contribution in [3.8, 4) is 11.3 Å². The van der Waals surface area contributed by atoms with Crippen LogP contribution in [0.15, 0.2) is 24.3 Å². The Morgan fingerprint density at radius 1 is 1.11 bits per heavy atom. The Kier molecular flexibility index (Phi) is 3.57. The summed E-state index contributed by atoms with van der Waals surface area (Å²) < 4.78 is 39.5. The summed E-state index contributed by atoms with van der Waals surface area (Å²) in [6.07, 6.45) is 0. The minimum atomic E-state index is -1.60. The molecule has 0 saturated carbocycles. The van der Waals surface area contributed by atoms with Gasteiger partial charge in [-0.2, -0.15) is 8.78 Å². The maximum absolute atomic E-state index is 13.4. The SMILES string of the molecule is Cc1c(-c2ccc(C(=O)Cl)cc2)nc(F)c(F)c1F. The third kappa shape index (κ3) is 2.46. The molecule has 1 heterocycles. The lowest BCUT2D eigenvalue weighted by Crippen LogP contribution is -2.02. The van der Waals surface area contributed by atoms with Gasteiger partial charge in [0.15, 0.2) is 5.82 Å². The first-order valence-electron chi connectivity index (χ1n) is 5.23. The van der Waals surface area contributed by atoms with Gasteiger partial charge in [0.2, 0.25) is 5.82 Å². The molecule has 0 amide bonds. The molecule has 2 rings (SSSR count). The molecule has 0 spiro atoms. The van der Waals surface area contributed by atoms with E-state index in [1.165, 1.54) is 31.2 Å². The molecular weight excluding hydrogens is 279 g/mol. The van der Waals surface area contributed by atoms with Crippen LogP contribution in [0.25, 0.3) is 11.3 Å². The Labute approximate surface area is 111 Å². The summed E-state index contributed by atoms with van der Waals surface area (Å²) >= 11 is 5.28. The fourth-order valence-electron chi connectivity index (χ4n) is 1.63. The van der Waals surface area contributed by atoms with Gasteiger partial charge in [-0.25, -0.2) is 9.37 Å². The number of carbonyl (C=O) groups excluding carboxylic acids is 1. The Balaban J connectivity index is 2.56. The molecule has 0 radical (unpaired) electrons. The molecule has 1 aromatic heterocycles. The number of pyridine rings is 1. The average Bonchev–Trinajstić information content (AvgIpc) is 2.40. The first kappa shape index (κ1) is 13.5. The molecule has 19 heavy (non-hydrogen) atoms. The Morgan fingerprint density at radius 3 is 2.21 bits per heavy atom. The zero-order chi connectivity index (χ0) is 14.2. The van der Waals surface area contributed by atoms with Crippen molar-refractivity contribution in [3.63, 3.8) is 0 Å². The number of rotatable bonds is 2. The van der Waals surface area contributed by atoms with Crippen LogP contribution in [0.5, 0.6) is 0 Å². The molecule has 1 aromatic carbocycles. The standard InChI is InChI=1S/C13H7ClF3NO/c1-6-9(15)10(16)13(17)18-11(6)7-2-4-8(5-3-7)12(14)19/h2-5H,1H3. The molecule has 0 aliphatic rings. The largest absolute Gasteiger partial charge is 0.276 e. The normalized spacial score (nSPS) is 10.6. The van der Waals surface area contributed by atoms with Gasteiger partial charge >= 0.3 is 0 Å². The molecule has 0 atom stereocenters. The second-order valence-corrected chi connectivity index (χ2v) is 4.20. The van der Waals surface area contributed by atoms with Crippen molar-refractivity contribution in [3.05, 3.63) is 53.0 Å². The van der Waals surface area contributed by atoms with Gasteiger partial charge in [0.1, 0.15) is 0 Å². The number of halogens is 4. The minimum absolute atomic E-state index is 0.0232. The summed E-state index contributed by atoms with van der Waals surface area (Å²) in [5.41, 5.74) is 0.469. The van der Waals surface area contributed by atoms with Crippen molar-refractivity contribution < 1.29 is 18.0 Å². The summed E-state index contributed by atoms with van der Waals surface area (Å²) in [6, 6.07) is 5.65. The van der Waals surface area contributed by atoms with Crippen molar-refractivity contribution in [2.24, 2.45) is 0 Å². The number of hydrogen-bond donors (Lipinski definition) is 0. The molecule has 0 N–H and O–H groups in total. The fourth-order valence-corrected chi connectivity index (χ4v) is 1.76. The van der Waals surface area contributed by atoms with Gasteiger partial charge in [0.25, 0.3) is 11.2 Å². The average molecular weight is 286 g/mol. The highest BCUT2D eigenvalue weighted by Crippen LogP contribution is 2.26. The monoisotopic (exact) mass is 285 g/mol. The van der Waals surface area contributed by atoms with E-state index < -0.39 is 22.8 Å². The van der Waals surface area contributed by atoms with E-state index in [1.54, 1.807) is 0 Å². The Hall–Kier alpha value is -1.88. The van der Waals surface area contributed by atoms with Gasteiger partial charge in [-0.3, -0.25) is 4.79 Å². The van der Waals surface area contributed by atoms with E-state index in [2.05, 4.69) is 4.98 Å². The smallest absolute Gasteiger partial charge is 0.252 e. The van der Waals surface area contributed by atoms with Crippen LogP contribution in [-0.4, -0.2) is 10.2 Å². The highest BCUT2D eigenvalue weighted by atomic mass is 35.5. The zero-order valence-corrected chi connectivity index (χ0v) is 10.4. The van der Waals surface area contributed by atoms with Crippen LogP contribution in [-0.2, 0) is 0 Å². The minimum Gasteiger partial charge on any atom is -0.276 e. The maximum Gasteiger partial charge on any atom is 0.252 e. The molecule has 98 valence electrons. The predicted molar refractivity (Wildman–Crippen MR) is 64.5 cm³/mol. The molecule has 0 saturated heterocycles. The molecule has 0 unspecified atom stereocenters. The fraction of sp³-hybridized carbons (Fsp3) is 0.0769. The van der Waals surface area contributed by atoms with E-state index in [1.807, 2.05) is 0 Å². The van der Waals surface area contributed by atoms with Crippen LogP contribution in [0.3, 0.4) is 0 Å². The zero-order valence-electron chi connectivity index (χ0n) is 9.68. The van der Waals surface area contributed by atoms with Gasteiger partial charge < -0.3 is 0 Å². The lowest BCUT2D eigenvalue weighted by atomic mass is 10.0. The highest BCUT2D eigenvalue weighted by molar-refractivity contribution is 6.67. The highest BCUT2D eigenvalue weighted by Gasteiger charge is 2.18. The topological polar surface area (TPSA) is 30.0 Å². The summed E-state index contributed by atoms with van der Waals surface area (Å²) in [6.45, 7) is 1.29. The van der Waals surface area contributed by atoms with E-state index in [4.69, 9.17) is 11.6 Å². The third-order valence-electron chi connectivity index (χ3n) is 2.65. The van der Waals surface area contributed by atoms with Crippen LogP contribution in [0.4, 0.5) is 13.2 Å². The molecule has 6 heteroatoms. The Bertz CT molecular complexity index is 656. The molecular formula is C13H7ClF3NO. The first-order chi connectivity index (χ1) is 8.91. The van der Waals surface area contributed by atoms with E-state index in [0.717, 1.165) is 0 Å². The van der Waals surface area contributed by atoms with Crippen molar-refractivity contribution in [2.45, 2.75) is 6.92 Å². The number of carbonyl (C=O) groups is 1. The van der Waals surface area contributed by atoms with E-state index in [9.17, 15) is 18.0 Å². The molecule has 2 aromatic rings. The lowest BCUT2D eigenvalue weighted by molar-refractivity contribution is 0.108. The summed E-state index contributed by atoms with van der Waals surface area (Å²) in [7, 11) is 0. The molecule has 2 nitrogen and oxygen atoms in total. The van der Waals surface area contributed by atoms with E-state index in [-0.39, 0.29) is 16.8 Å². The molecule has 0 bridgehead atoms. The van der Waals surface area contributed by atoms with Crippen molar-refractivity contribution >= 4 is 16.8 Å². The predicted octanol–water partition coefficient (Wildman–Crippen LogP) is 3.85. The number of nitrogens with zero attached hydrogens (tertiary/aromatic N) is 1. The summed E-state index contributed by atoms with van der Waals surface area (Å²) in [5, 5.41) is -0.646. The molecule has 0 fully saturated rings. The summed E-state index contributed by atoms with van der Waals surface area (Å²) in [4.78, 5) is 14.3. The second-order valence-electron chi connectivity index (χ2n) is 3.86. The van der Waals surface area contributed by atoms with Crippen LogP contribution in [0.2, 0.25) is 0 Å². The maximum atomic E-state index is 13.4. The number of benzene rings is 1. The van der Waals surface area contributed by atoms with Crippen LogP contribution >= 0.6 is 11.6 Å². The van der Waals surface area contributed by atoms with E-state index >= 15 is 0 Å². The second kappa shape index (κ2) is 5.01. The number of aromatic nitrogens is 1. The number of hydrogen-bond acceptors (Lipinski definition) is 2. The van der Waals surface area contributed by atoms with Crippen LogP contribution in [0.1, 0.15) is 15.9 Å². The van der Waals surface area contributed by atoms with Crippen molar-refractivity contribution in [1.29, 1.82) is 0 Å². The Morgan fingerprint density at radius 2 is 1.68 bits per heavy atom. The van der Waals surface area contributed by atoms with Crippen molar-refractivity contribution in [1.82, 2.24) is 4.98 Å². The van der Waals surface area contributed by atoms with Gasteiger partial charge in [0, 0.05) is 16.7 Å². The molecule has 0 aliphatic carbocycles. The van der Waals surface area contributed by atoms with Gasteiger partial charge in [-0.15, -0.1) is 0 Å². The van der Waals surface area contributed by atoms with Crippen molar-refractivity contribution in [2.75, 3.05) is 0 Å². The van der Waals surface area contributed by atoms with Gasteiger partial charge in [-0.1, -0.05) is 12.1 Å². The third-order valence-corrected chi connectivity index (χ3v) is 2.87. The van der Waals surface area contributed by atoms with Gasteiger partial charge in [-0.05, 0) is 30.7 Å². The van der Waals surface area contributed by atoms with Crippen LogP contribution in [0, 0.1) is 24.5 Å². The molecule has 0 aliphatic heterocycles. The quantitative estimate of drug-likeness (QED) is 0.619. The van der Waals surface area contributed by atoms with E-state index in [0.29, 0.717) is 5.56 Å². The van der Waals surface area contributed by atoms with Gasteiger partial charge in [0.05, 0.1) is 5.69 Å².